The van der Waals surface area contributed by atoms with Gasteiger partial charge < -0.3 is 25.4 Å². The van der Waals surface area contributed by atoms with Crippen LogP contribution in [0.1, 0.15) is 36.0 Å². The number of phenols is 1. The van der Waals surface area contributed by atoms with E-state index in [0.29, 0.717) is 30.0 Å². The van der Waals surface area contributed by atoms with Gasteiger partial charge in [-0.1, -0.05) is 18.2 Å². The number of aliphatic hydroxyl groups excluding tert-OH is 2. The van der Waals surface area contributed by atoms with Gasteiger partial charge in [0.1, 0.15) is 22.9 Å². The number of aromatic hydroxyl groups is 1. The van der Waals surface area contributed by atoms with Crippen LogP contribution in [0.4, 0.5) is 0 Å². The van der Waals surface area contributed by atoms with Gasteiger partial charge in [0.25, 0.3) is 5.91 Å². The summed E-state index contributed by atoms with van der Waals surface area (Å²) in [5.41, 5.74) is 1.41. The zero-order chi connectivity index (χ0) is 26.6. The quantitative estimate of drug-likeness (QED) is 0.359. The van der Waals surface area contributed by atoms with Crippen molar-refractivity contribution in [1.82, 2.24) is 9.62 Å². The first-order valence-corrected chi connectivity index (χ1v) is 13.9. The molecule has 1 fully saturated rings. The van der Waals surface area contributed by atoms with Crippen LogP contribution < -0.4 is 10.1 Å². The number of piperidine rings is 1. The molecule has 1 atom stereocenters. The summed E-state index contributed by atoms with van der Waals surface area (Å²) >= 11 is 0. The average molecular weight is 532 g/mol. The lowest BCUT2D eigenvalue weighted by atomic mass is 9.89. The highest BCUT2D eigenvalue weighted by atomic mass is 32.2. The number of amidine groups is 1. The summed E-state index contributed by atoms with van der Waals surface area (Å²) in [6.45, 7) is 2.21. The van der Waals surface area contributed by atoms with E-state index in [1.807, 2.05) is 19.1 Å². The lowest BCUT2D eigenvalue weighted by Crippen LogP contribution is -2.50. The van der Waals surface area contributed by atoms with Crippen LogP contribution in [0, 0.1) is 6.92 Å². The predicted octanol–water partition coefficient (Wildman–Crippen LogP) is 1.11. The van der Waals surface area contributed by atoms with Crippen molar-refractivity contribution in [2.75, 3.05) is 32.1 Å². The number of rotatable bonds is 10. The SMILES string of the molecule is Cc1ccc(OCCC(O)CO)cc1CCS(=O)(=O)N1CCC2(CC1)N=C(c1cccc(O)c1)NC2=O. The Bertz CT molecular complexity index is 1270. The Kier molecular flexibility index (Phi) is 8.17. The molecule has 200 valence electrons. The number of aryl methyl sites for hydroxylation is 2. The molecule has 4 N–H and O–H groups in total. The minimum Gasteiger partial charge on any atom is -0.508 e. The summed E-state index contributed by atoms with van der Waals surface area (Å²) in [6, 6.07) is 11.9. The molecule has 2 aliphatic heterocycles. The van der Waals surface area contributed by atoms with Gasteiger partial charge in [0.2, 0.25) is 10.0 Å². The summed E-state index contributed by atoms with van der Waals surface area (Å²) in [5, 5.41) is 30.9. The van der Waals surface area contributed by atoms with E-state index >= 15 is 0 Å². The molecule has 1 unspecified atom stereocenters. The van der Waals surface area contributed by atoms with E-state index in [1.54, 1.807) is 18.2 Å². The molecule has 0 aliphatic carbocycles. The minimum atomic E-state index is -3.56. The Morgan fingerprint density at radius 1 is 1.19 bits per heavy atom. The molecule has 11 heteroatoms. The van der Waals surface area contributed by atoms with Crippen molar-refractivity contribution >= 4 is 21.8 Å². The maximum absolute atomic E-state index is 13.1. The Hall–Kier alpha value is -2.99. The van der Waals surface area contributed by atoms with E-state index in [0.717, 1.165) is 11.1 Å². The molecule has 2 heterocycles. The highest BCUT2D eigenvalue weighted by molar-refractivity contribution is 7.89. The van der Waals surface area contributed by atoms with Crippen LogP contribution in [-0.2, 0) is 21.2 Å². The molecule has 2 aliphatic rings. The summed E-state index contributed by atoms with van der Waals surface area (Å²) in [6.07, 6.45) is 0.331. The molecular formula is C26H33N3O7S. The first-order chi connectivity index (χ1) is 17.6. The van der Waals surface area contributed by atoms with Gasteiger partial charge in [-0.3, -0.25) is 9.79 Å². The number of hydrogen-bond donors (Lipinski definition) is 4. The molecule has 37 heavy (non-hydrogen) atoms. The summed E-state index contributed by atoms with van der Waals surface area (Å²) in [7, 11) is -3.56. The molecule has 10 nitrogen and oxygen atoms in total. The maximum Gasteiger partial charge on any atom is 0.253 e. The van der Waals surface area contributed by atoms with E-state index in [4.69, 9.17) is 9.84 Å². The number of nitrogens with zero attached hydrogens (tertiary/aromatic N) is 2. The van der Waals surface area contributed by atoms with Gasteiger partial charge in [-0.15, -0.1) is 0 Å². The zero-order valence-electron chi connectivity index (χ0n) is 20.8. The van der Waals surface area contributed by atoms with Crippen LogP contribution in [0.5, 0.6) is 11.5 Å². The van der Waals surface area contributed by atoms with Crippen LogP contribution in [-0.4, -0.2) is 83.5 Å². The van der Waals surface area contributed by atoms with Gasteiger partial charge in [-0.05, 0) is 61.6 Å². The number of carbonyl (C=O) groups is 1. The molecule has 0 bridgehead atoms. The molecule has 2 aromatic carbocycles. The highest BCUT2D eigenvalue weighted by Gasteiger charge is 2.47. The van der Waals surface area contributed by atoms with Gasteiger partial charge in [-0.25, -0.2) is 12.7 Å². The van der Waals surface area contributed by atoms with Gasteiger partial charge in [0, 0.05) is 25.1 Å². The van der Waals surface area contributed by atoms with E-state index in [2.05, 4.69) is 10.3 Å². The topological polar surface area (TPSA) is 149 Å². The van der Waals surface area contributed by atoms with Gasteiger partial charge in [0.15, 0.2) is 0 Å². The molecular weight excluding hydrogens is 498 g/mol. The minimum absolute atomic E-state index is 0.0719. The second-order valence-electron chi connectivity index (χ2n) is 9.52. The number of ether oxygens (including phenoxy) is 1. The average Bonchev–Trinajstić information content (AvgIpc) is 3.19. The third kappa shape index (κ3) is 6.30. The second kappa shape index (κ2) is 11.2. The maximum atomic E-state index is 13.1. The summed E-state index contributed by atoms with van der Waals surface area (Å²) in [5.74, 6) is 0.722. The Morgan fingerprint density at radius 2 is 1.95 bits per heavy atom. The van der Waals surface area contributed by atoms with Crippen molar-refractivity contribution in [3.05, 3.63) is 59.2 Å². The number of amides is 1. The molecule has 0 saturated carbocycles. The van der Waals surface area contributed by atoms with Gasteiger partial charge >= 0.3 is 0 Å². The summed E-state index contributed by atoms with van der Waals surface area (Å²) in [4.78, 5) is 17.4. The fraction of sp³-hybridized carbons (Fsp3) is 0.462. The fourth-order valence-electron chi connectivity index (χ4n) is 4.56. The van der Waals surface area contributed by atoms with Crippen molar-refractivity contribution in [2.45, 2.75) is 44.2 Å². The highest BCUT2D eigenvalue weighted by Crippen LogP contribution is 2.32. The second-order valence-corrected chi connectivity index (χ2v) is 11.6. The molecule has 0 radical (unpaired) electrons. The van der Waals surface area contributed by atoms with Crippen LogP contribution >= 0.6 is 0 Å². The van der Waals surface area contributed by atoms with Gasteiger partial charge in [-0.2, -0.15) is 0 Å². The zero-order valence-corrected chi connectivity index (χ0v) is 21.6. The number of benzene rings is 2. The van der Waals surface area contributed by atoms with Gasteiger partial charge in [0.05, 0.1) is 25.1 Å². The van der Waals surface area contributed by atoms with Crippen molar-refractivity contribution < 1.29 is 33.3 Å². The molecule has 1 amide bonds. The lowest BCUT2D eigenvalue weighted by molar-refractivity contribution is -0.124. The summed E-state index contributed by atoms with van der Waals surface area (Å²) < 4.78 is 33.3. The van der Waals surface area contributed by atoms with Crippen molar-refractivity contribution in [1.29, 1.82) is 0 Å². The van der Waals surface area contributed by atoms with E-state index in [1.165, 1.54) is 16.4 Å². The van der Waals surface area contributed by atoms with E-state index < -0.39 is 21.7 Å². The molecule has 2 aromatic rings. The van der Waals surface area contributed by atoms with E-state index in [-0.39, 0.29) is 56.6 Å². The van der Waals surface area contributed by atoms with Crippen LogP contribution in [0.25, 0.3) is 0 Å². The molecule has 1 saturated heterocycles. The Morgan fingerprint density at radius 3 is 2.65 bits per heavy atom. The molecule has 1 spiro atoms. The number of aliphatic hydroxyl groups is 2. The Balaban J connectivity index is 1.36. The standard InChI is InChI=1S/C26H33N3O7S/c1-18-5-6-23(36-13-7-22(32)17-30)16-19(18)8-14-37(34,35)29-11-9-26(10-12-29)25(33)27-24(28-26)20-3-2-4-21(31)15-20/h2-6,15-16,22,30-32H,7-14,17H2,1H3,(H,27,28,33). The first kappa shape index (κ1) is 27.1. The van der Waals surface area contributed by atoms with E-state index in [9.17, 15) is 23.4 Å². The largest absolute Gasteiger partial charge is 0.508 e. The predicted molar refractivity (Wildman–Crippen MR) is 138 cm³/mol. The molecule has 4 rings (SSSR count). The Labute approximate surface area is 216 Å². The lowest BCUT2D eigenvalue weighted by Gasteiger charge is -2.34. The third-order valence-corrected chi connectivity index (χ3v) is 8.80. The smallest absolute Gasteiger partial charge is 0.253 e. The molecule has 0 aromatic heterocycles. The number of sulfonamides is 1. The van der Waals surface area contributed by atoms with Crippen molar-refractivity contribution in [2.24, 2.45) is 4.99 Å². The first-order valence-electron chi connectivity index (χ1n) is 12.3. The third-order valence-electron chi connectivity index (χ3n) is 6.92. The number of phenolic OH excluding ortho intramolecular Hbond substituents is 1. The van der Waals surface area contributed by atoms with Crippen molar-refractivity contribution in [3.8, 4) is 11.5 Å². The van der Waals surface area contributed by atoms with Crippen LogP contribution in [0.15, 0.2) is 47.5 Å². The van der Waals surface area contributed by atoms with Crippen molar-refractivity contribution in [3.63, 3.8) is 0 Å². The monoisotopic (exact) mass is 531 g/mol. The number of aliphatic imine (C=N–C) groups is 1. The fourth-order valence-corrected chi connectivity index (χ4v) is 6.03. The normalized spacial score (nSPS) is 18.5. The van der Waals surface area contributed by atoms with Crippen LogP contribution in [0.3, 0.4) is 0 Å². The number of hydrogen-bond acceptors (Lipinski definition) is 8. The number of carbonyl (C=O) groups excluding carboxylic acids is 1. The number of nitrogens with one attached hydrogen (secondary N) is 1. The van der Waals surface area contributed by atoms with Crippen LogP contribution in [0.2, 0.25) is 0 Å².